The lowest BCUT2D eigenvalue weighted by atomic mass is 10.8. The van der Waals surface area contributed by atoms with Gasteiger partial charge in [-0.05, 0) is 0 Å². The SMILES string of the molecule is CN(C)S(=O)(=O)n1ccnc1CBr. The third-order valence-corrected chi connectivity index (χ3v) is 3.76. The van der Waals surface area contributed by atoms with Gasteiger partial charge in [0.25, 0.3) is 0 Å². The second-order valence-corrected chi connectivity index (χ2v) is 5.14. The minimum absolute atomic E-state index is 0.410. The third-order valence-electron chi connectivity index (χ3n) is 1.51. The monoisotopic (exact) mass is 267 g/mol. The Morgan fingerprint density at radius 2 is 2.23 bits per heavy atom. The maximum absolute atomic E-state index is 11.6. The van der Waals surface area contributed by atoms with E-state index in [2.05, 4.69) is 20.9 Å². The average Bonchev–Trinajstić information content (AvgIpc) is 2.51. The van der Waals surface area contributed by atoms with Crippen LogP contribution in [0.5, 0.6) is 0 Å². The van der Waals surface area contributed by atoms with Gasteiger partial charge in [0.2, 0.25) is 0 Å². The fourth-order valence-electron chi connectivity index (χ4n) is 0.802. The summed E-state index contributed by atoms with van der Waals surface area (Å²) in [7, 11) is -0.460. The van der Waals surface area contributed by atoms with Crippen molar-refractivity contribution in [2.45, 2.75) is 5.33 Å². The van der Waals surface area contributed by atoms with Crippen LogP contribution in [0.1, 0.15) is 5.82 Å². The summed E-state index contributed by atoms with van der Waals surface area (Å²) in [5, 5.41) is 0.410. The highest BCUT2D eigenvalue weighted by Gasteiger charge is 2.18. The molecule has 0 amide bonds. The van der Waals surface area contributed by atoms with Gasteiger partial charge in [-0.3, -0.25) is 0 Å². The molecule has 1 aromatic rings. The molecule has 0 aliphatic heterocycles. The predicted molar refractivity (Wildman–Crippen MR) is 52.9 cm³/mol. The van der Waals surface area contributed by atoms with Gasteiger partial charge in [0, 0.05) is 26.5 Å². The molecule has 0 radical (unpaired) electrons. The summed E-state index contributed by atoms with van der Waals surface area (Å²) in [6, 6.07) is 0. The minimum atomic E-state index is -3.42. The van der Waals surface area contributed by atoms with Crippen LogP contribution >= 0.6 is 15.9 Å². The molecular formula is C6H10BrN3O2S. The van der Waals surface area contributed by atoms with Crippen LogP contribution in [0.2, 0.25) is 0 Å². The number of aromatic nitrogens is 2. The highest BCUT2D eigenvalue weighted by atomic mass is 79.9. The molecule has 0 aliphatic rings. The van der Waals surface area contributed by atoms with Crippen LogP contribution in [0.15, 0.2) is 12.4 Å². The number of halogens is 1. The fourth-order valence-corrected chi connectivity index (χ4v) is 2.32. The van der Waals surface area contributed by atoms with Gasteiger partial charge >= 0.3 is 10.2 Å². The van der Waals surface area contributed by atoms with Gasteiger partial charge in [-0.2, -0.15) is 12.7 Å². The first kappa shape index (κ1) is 10.7. The van der Waals surface area contributed by atoms with Gasteiger partial charge in [-0.15, -0.1) is 0 Å². The molecule has 0 bridgehead atoms. The highest BCUT2D eigenvalue weighted by Crippen LogP contribution is 2.08. The standard InChI is InChI=1S/C6H10BrN3O2S/c1-9(2)13(11,12)10-4-3-8-6(10)5-7/h3-4H,5H2,1-2H3. The molecule has 5 nitrogen and oxygen atoms in total. The van der Waals surface area contributed by atoms with E-state index >= 15 is 0 Å². The van der Waals surface area contributed by atoms with E-state index in [9.17, 15) is 8.42 Å². The molecule has 1 heterocycles. The maximum Gasteiger partial charge on any atom is 0.308 e. The Kier molecular flexibility index (Phi) is 3.09. The van der Waals surface area contributed by atoms with Crippen molar-refractivity contribution in [2.24, 2.45) is 0 Å². The number of hydrogen-bond acceptors (Lipinski definition) is 3. The molecule has 0 aliphatic carbocycles. The van der Waals surface area contributed by atoms with E-state index in [-0.39, 0.29) is 0 Å². The quantitative estimate of drug-likeness (QED) is 0.747. The molecule has 7 heteroatoms. The zero-order chi connectivity index (χ0) is 10.1. The first-order chi connectivity index (χ1) is 6.00. The van der Waals surface area contributed by atoms with Gasteiger partial charge in [-0.1, -0.05) is 15.9 Å². The molecule has 13 heavy (non-hydrogen) atoms. The van der Waals surface area contributed by atoms with Crippen molar-refractivity contribution in [1.82, 2.24) is 13.3 Å². The fraction of sp³-hybridized carbons (Fsp3) is 0.500. The maximum atomic E-state index is 11.6. The zero-order valence-electron chi connectivity index (χ0n) is 7.31. The summed E-state index contributed by atoms with van der Waals surface area (Å²) in [4.78, 5) is 3.89. The first-order valence-electron chi connectivity index (χ1n) is 3.51. The summed E-state index contributed by atoms with van der Waals surface area (Å²) in [5.74, 6) is 0.466. The Morgan fingerprint density at radius 3 is 2.69 bits per heavy atom. The van der Waals surface area contributed by atoms with Crippen LogP contribution in [-0.4, -0.2) is 35.8 Å². The van der Waals surface area contributed by atoms with Gasteiger partial charge in [-0.25, -0.2) is 8.96 Å². The molecule has 1 rings (SSSR count). The minimum Gasteiger partial charge on any atom is -0.240 e. The molecule has 0 saturated carbocycles. The number of hydrogen-bond donors (Lipinski definition) is 0. The topological polar surface area (TPSA) is 55.2 Å². The van der Waals surface area contributed by atoms with Crippen LogP contribution in [0, 0.1) is 0 Å². The van der Waals surface area contributed by atoms with Crippen molar-refractivity contribution in [3.63, 3.8) is 0 Å². The van der Waals surface area contributed by atoms with Crippen molar-refractivity contribution in [3.8, 4) is 0 Å². The second kappa shape index (κ2) is 3.77. The van der Waals surface area contributed by atoms with Crippen LogP contribution in [0.25, 0.3) is 0 Å². The Bertz CT molecular complexity index is 384. The molecular weight excluding hydrogens is 258 g/mol. The summed E-state index contributed by atoms with van der Waals surface area (Å²) >= 11 is 3.16. The molecule has 0 spiro atoms. The van der Waals surface area contributed by atoms with E-state index in [4.69, 9.17) is 0 Å². The molecule has 0 fully saturated rings. The Morgan fingerprint density at radius 1 is 1.62 bits per heavy atom. The molecule has 0 saturated heterocycles. The lowest BCUT2D eigenvalue weighted by Gasteiger charge is -2.13. The zero-order valence-corrected chi connectivity index (χ0v) is 9.71. The van der Waals surface area contributed by atoms with E-state index < -0.39 is 10.2 Å². The number of imidazole rings is 1. The molecule has 0 aromatic carbocycles. The summed E-state index contributed by atoms with van der Waals surface area (Å²) < 4.78 is 25.5. The number of alkyl halides is 1. The molecule has 0 N–H and O–H groups in total. The van der Waals surface area contributed by atoms with Crippen LogP contribution in [-0.2, 0) is 15.5 Å². The van der Waals surface area contributed by atoms with Crippen molar-refractivity contribution >= 4 is 26.1 Å². The van der Waals surface area contributed by atoms with Crippen LogP contribution in [0.4, 0.5) is 0 Å². The van der Waals surface area contributed by atoms with Gasteiger partial charge in [0.1, 0.15) is 5.82 Å². The van der Waals surface area contributed by atoms with E-state index in [1.54, 1.807) is 0 Å². The average molecular weight is 268 g/mol. The van der Waals surface area contributed by atoms with Crippen LogP contribution in [0.3, 0.4) is 0 Å². The van der Waals surface area contributed by atoms with Crippen molar-refractivity contribution < 1.29 is 8.42 Å². The lowest BCUT2D eigenvalue weighted by Crippen LogP contribution is -2.29. The smallest absolute Gasteiger partial charge is 0.240 e. The second-order valence-electron chi connectivity index (χ2n) is 2.56. The lowest BCUT2D eigenvalue weighted by molar-refractivity contribution is 0.509. The Labute approximate surface area is 85.7 Å². The van der Waals surface area contributed by atoms with E-state index in [0.717, 1.165) is 8.28 Å². The molecule has 1 aromatic heterocycles. The van der Waals surface area contributed by atoms with E-state index in [0.29, 0.717) is 11.2 Å². The first-order valence-corrected chi connectivity index (χ1v) is 6.03. The van der Waals surface area contributed by atoms with E-state index in [1.165, 1.54) is 26.5 Å². The van der Waals surface area contributed by atoms with E-state index in [1.807, 2.05) is 0 Å². The van der Waals surface area contributed by atoms with Gasteiger partial charge in [0.15, 0.2) is 0 Å². The summed E-state index contributed by atoms with van der Waals surface area (Å²) in [6.07, 6.45) is 2.88. The normalized spacial score (nSPS) is 12.3. The molecule has 74 valence electrons. The van der Waals surface area contributed by atoms with Crippen molar-refractivity contribution in [3.05, 3.63) is 18.2 Å². The third kappa shape index (κ3) is 1.92. The Hall–Kier alpha value is -0.400. The molecule has 0 atom stereocenters. The largest absolute Gasteiger partial charge is 0.308 e. The van der Waals surface area contributed by atoms with Gasteiger partial charge < -0.3 is 0 Å². The number of rotatable bonds is 3. The highest BCUT2D eigenvalue weighted by molar-refractivity contribution is 9.08. The predicted octanol–water partition coefficient (Wildman–Crippen LogP) is 0.432. The van der Waals surface area contributed by atoms with Crippen molar-refractivity contribution in [2.75, 3.05) is 14.1 Å². The summed E-state index contributed by atoms with van der Waals surface area (Å²) in [5.41, 5.74) is 0. The van der Waals surface area contributed by atoms with Crippen LogP contribution < -0.4 is 0 Å². The number of nitrogens with zero attached hydrogens (tertiary/aromatic N) is 3. The van der Waals surface area contributed by atoms with Gasteiger partial charge in [0.05, 0.1) is 5.33 Å². The van der Waals surface area contributed by atoms with Crippen molar-refractivity contribution in [1.29, 1.82) is 0 Å². The molecule has 0 unspecified atom stereocenters. The Balaban J connectivity index is 3.22. The summed E-state index contributed by atoms with van der Waals surface area (Å²) in [6.45, 7) is 0.